The molecule has 0 bridgehead atoms. The third kappa shape index (κ3) is 5.23. The second-order valence-corrected chi connectivity index (χ2v) is 7.70. The van der Waals surface area contributed by atoms with E-state index in [0.29, 0.717) is 11.3 Å². The number of thioether (sulfide) groups is 1. The van der Waals surface area contributed by atoms with Gasteiger partial charge in [-0.3, -0.25) is 0 Å². The maximum atomic E-state index is 12.4. The van der Waals surface area contributed by atoms with Crippen molar-refractivity contribution in [3.8, 4) is 23.5 Å². The lowest BCUT2D eigenvalue weighted by Crippen LogP contribution is -2.50. The van der Waals surface area contributed by atoms with Crippen molar-refractivity contribution in [1.82, 2.24) is 9.97 Å². The second kappa shape index (κ2) is 10.2. The van der Waals surface area contributed by atoms with Gasteiger partial charge in [-0.2, -0.15) is 9.97 Å². The van der Waals surface area contributed by atoms with Crippen molar-refractivity contribution in [3.05, 3.63) is 66.2 Å². The van der Waals surface area contributed by atoms with Gasteiger partial charge in [-0.1, -0.05) is 30.3 Å². The number of aliphatic carboxylic acids is 1. The molecule has 0 fully saturated rings. The number of aromatic nitrogens is 2. The Kier molecular flexibility index (Phi) is 7.42. The molecular formula is C23H24N2O6S. The van der Waals surface area contributed by atoms with Crippen LogP contribution >= 0.6 is 11.8 Å². The van der Waals surface area contributed by atoms with Gasteiger partial charge in [0, 0.05) is 4.90 Å². The summed E-state index contributed by atoms with van der Waals surface area (Å²) in [6.45, 7) is 1.65. The van der Waals surface area contributed by atoms with E-state index >= 15 is 0 Å². The van der Waals surface area contributed by atoms with Gasteiger partial charge in [0.25, 0.3) is 0 Å². The van der Waals surface area contributed by atoms with Crippen LogP contribution in [0.1, 0.15) is 12.5 Å². The van der Waals surface area contributed by atoms with Crippen molar-refractivity contribution in [2.45, 2.75) is 23.5 Å². The molecule has 3 aromatic rings. The van der Waals surface area contributed by atoms with Crippen LogP contribution in [0.3, 0.4) is 0 Å². The first kappa shape index (κ1) is 23.2. The molecule has 1 heterocycles. The molecule has 2 aromatic carbocycles. The number of benzene rings is 2. The average Bonchev–Trinajstić information content (AvgIpc) is 2.83. The molecular weight excluding hydrogens is 432 g/mol. The molecule has 0 saturated heterocycles. The summed E-state index contributed by atoms with van der Waals surface area (Å²) in [5.41, 5.74) is -0.815. The van der Waals surface area contributed by atoms with Crippen molar-refractivity contribution in [3.63, 3.8) is 0 Å². The molecule has 32 heavy (non-hydrogen) atoms. The highest BCUT2D eigenvalue weighted by Crippen LogP contribution is 2.35. The highest BCUT2D eigenvalue weighted by molar-refractivity contribution is 7.98. The molecule has 2 unspecified atom stereocenters. The summed E-state index contributed by atoms with van der Waals surface area (Å²) in [5.74, 6) is -0.410. The summed E-state index contributed by atoms with van der Waals surface area (Å²) in [5, 5.41) is 10.1. The number of carbonyl (C=O) groups is 1. The Bertz CT molecular complexity index is 1030. The minimum atomic E-state index is -1.50. The molecule has 0 aliphatic heterocycles. The zero-order chi connectivity index (χ0) is 23.1. The molecule has 3 rings (SSSR count). The predicted molar refractivity (Wildman–Crippen MR) is 120 cm³/mol. The van der Waals surface area contributed by atoms with E-state index in [1.807, 2.05) is 24.5 Å². The van der Waals surface area contributed by atoms with Gasteiger partial charge < -0.3 is 24.1 Å². The number of carboxylic acid groups (broad SMARTS) is 1. The molecule has 1 N–H and O–H groups in total. The van der Waals surface area contributed by atoms with Crippen LogP contribution in [-0.4, -0.2) is 47.6 Å². The summed E-state index contributed by atoms with van der Waals surface area (Å²) < 4.78 is 22.3. The highest BCUT2D eigenvalue weighted by atomic mass is 32.2. The van der Waals surface area contributed by atoms with Gasteiger partial charge in [0.05, 0.1) is 20.3 Å². The SMILES string of the molecule is COc1cc(OC)nc(OC(C(=O)O)C(C)(Oc2ccc(SC)cc2)c2ccccc2)n1. The van der Waals surface area contributed by atoms with E-state index in [4.69, 9.17) is 18.9 Å². The van der Waals surface area contributed by atoms with E-state index in [1.54, 1.807) is 55.1 Å². The lowest BCUT2D eigenvalue weighted by atomic mass is 9.89. The predicted octanol–water partition coefficient (Wildman–Crippen LogP) is 4.04. The van der Waals surface area contributed by atoms with Crippen molar-refractivity contribution in [2.24, 2.45) is 0 Å². The normalized spacial score (nSPS) is 13.5. The van der Waals surface area contributed by atoms with Crippen molar-refractivity contribution >= 4 is 17.7 Å². The highest BCUT2D eigenvalue weighted by Gasteiger charge is 2.46. The molecule has 9 heteroatoms. The molecule has 168 valence electrons. The lowest BCUT2D eigenvalue weighted by molar-refractivity contribution is -0.157. The number of carboxylic acids is 1. The maximum Gasteiger partial charge on any atom is 0.349 e. The fourth-order valence-corrected chi connectivity index (χ4v) is 3.48. The van der Waals surface area contributed by atoms with Gasteiger partial charge in [-0.25, -0.2) is 4.79 Å². The average molecular weight is 457 g/mol. The largest absolute Gasteiger partial charge is 0.481 e. The molecule has 0 aliphatic rings. The van der Waals surface area contributed by atoms with Crippen molar-refractivity contribution in [1.29, 1.82) is 0 Å². The van der Waals surface area contributed by atoms with Crippen LogP contribution in [0, 0.1) is 0 Å². The summed E-state index contributed by atoms with van der Waals surface area (Å²) in [7, 11) is 2.85. The Balaban J connectivity index is 2.04. The van der Waals surface area contributed by atoms with Crippen molar-refractivity contribution < 1.29 is 28.8 Å². The molecule has 0 aliphatic carbocycles. The number of hydrogen-bond acceptors (Lipinski definition) is 8. The van der Waals surface area contributed by atoms with Gasteiger partial charge in [0.2, 0.25) is 17.9 Å². The molecule has 2 atom stereocenters. The molecule has 0 spiro atoms. The summed E-state index contributed by atoms with van der Waals surface area (Å²) in [6.07, 6.45) is 0.475. The quantitative estimate of drug-likeness (QED) is 0.453. The van der Waals surface area contributed by atoms with Crippen LogP contribution < -0.4 is 18.9 Å². The zero-order valence-electron chi connectivity index (χ0n) is 18.1. The number of rotatable bonds is 10. The minimum absolute atomic E-state index is 0.172. The number of nitrogens with zero attached hydrogens (tertiary/aromatic N) is 2. The van der Waals surface area contributed by atoms with Crippen LogP contribution in [0.2, 0.25) is 0 Å². The van der Waals surface area contributed by atoms with E-state index < -0.39 is 17.7 Å². The topological polar surface area (TPSA) is 100 Å². The van der Waals surface area contributed by atoms with E-state index in [2.05, 4.69) is 9.97 Å². The fourth-order valence-electron chi connectivity index (χ4n) is 3.07. The summed E-state index contributed by atoms with van der Waals surface area (Å²) >= 11 is 1.60. The van der Waals surface area contributed by atoms with E-state index in [1.165, 1.54) is 20.3 Å². The van der Waals surface area contributed by atoms with Crippen LogP contribution in [0.25, 0.3) is 0 Å². The van der Waals surface area contributed by atoms with Crippen LogP contribution in [0.4, 0.5) is 0 Å². The smallest absolute Gasteiger partial charge is 0.349 e. The zero-order valence-corrected chi connectivity index (χ0v) is 19.0. The van der Waals surface area contributed by atoms with E-state index in [0.717, 1.165) is 4.90 Å². The van der Waals surface area contributed by atoms with Crippen molar-refractivity contribution in [2.75, 3.05) is 20.5 Å². The second-order valence-electron chi connectivity index (χ2n) is 6.82. The molecule has 0 amide bonds. The van der Waals surface area contributed by atoms with Gasteiger partial charge in [0.15, 0.2) is 5.60 Å². The first-order valence-corrected chi connectivity index (χ1v) is 10.9. The van der Waals surface area contributed by atoms with E-state index in [-0.39, 0.29) is 17.8 Å². The van der Waals surface area contributed by atoms with Crippen LogP contribution in [0.15, 0.2) is 65.6 Å². The minimum Gasteiger partial charge on any atom is -0.481 e. The molecule has 1 aromatic heterocycles. The Hall–Kier alpha value is -3.46. The van der Waals surface area contributed by atoms with Gasteiger partial charge in [0.1, 0.15) is 5.75 Å². The van der Waals surface area contributed by atoms with Gasteiger partial charge in [-0.05, 0) is 43.0 Å². The Morgan fingerprint density at radius 3 is 2.09 bits per heavy atom. The fraction of sp³-hybridized carbons (Fsp3) is 0.261. The third-order valence-corrected chi connectivity index (χ3v) is 5.50. The third-order valence-electron chi connectivity index (χ3n) is 4.76. The monoisotopic (exact) mass is 456 g/mol. The Labute approximate surface area is 190 Å². The van der Waals surface area contributed by atoms with Crippen LogP contribution in [0.5, 0.6) is 23.5 Å². The summed E-state index contributed by atoms with van der Waals surface area (Å²) in [6, 6.07) is 17.6. The Morgan fingerprint density at radius 1 is 1.00 bits per heavy atom. The van der Waals surface area contributed by atoms with E-state index in [9.17, 15) is 9.90 Å². The number of hydrogen-bond donors (Lipinski definition) is 1. The standard InChI is InChI=1S/C23H24N2O6S/c1-23(15-8-6-5-7-9-15,31-16-10-12-17(32-4)13-11-16)20(21(26)27)30-22-24-18(28-2)14-19(25-22)29-3/h5-14,20H,1-4H3,(H,26,27). The Morgan fingerprint density at radius 2 is 1.59 bits per heavy atom. The van der Waals surface area contributed by atoms with Crippen LogP contribution in [-0.2, 0) is 10.4 Å². The molecule has 0 radical (unpaired) electrons. The summed E-state index contributed by atoms with van der Waals surface area (Å²) in [4.78, 5) is 21.7. The number of ether oxygens (including phenoxy) is 4. The van der Waals surface area contributed by atoms with Gasteiger partial charge in [-0.15, -0.1) is 11.8 Å². The molecule has 8 nitrogen and oxygen atoms in total. The maximum absolute atomic E-state index is 12.4. The van der Waals surface area contributed by atoms with Gasteiger partial charge >= 0.3 is 12.0 Å². The molecule has 0 saturated carbocycles. The number of methoxy groups -OCH3 is 2. The first-order valence-electron chi connectivity index (χ1n) is 9.64. The first-order chi connectivity index (χ1) is 15.4. The lowest BCUT2D eigenvalue weighted by Gasteiger charge is -2.35.